The van der Waals surface area contributed by atoms with E-state index in [-0.39, 0.29) is 17.6 Å². The number of nitrogens with two attached hydrogens (primary N) is 1. The predicted octanol–water partition coefficient (Wildman–Crippen LogP) is 0.693. The van der Waals surface area contributed by atoms with E-state index in [0.717, 1.165) is 26.3 Å². The Kier molecular flexibility index (Phi) is 3.82. The summed E-state index contributed by atoms with van der Waals surface area (Å²) < 4.78 is 10.8. The number of hydrogen-bond donors (Lipinski definition) is 1. The van der Waals surface area contributed by atoms with Gasteiger partial charge in [-0.05, 0) is 0 Å². The lowest BCUT2D eigenvalue weighted by molar-refractivity contribution is -0.132. The Balaban J connectivity index is 2.03. The van der Waals surface area contributed by atoms with Gasteiger partial charge in [0.15, 0.2) is 5.96 Å². The van der Waals surface area contributed by atoms with Crippen LogP contribution >= 0.6 is 0 Å². The summed E-state index contributed by atoms with van der Waals surface area (Å²) in [5.41, 5.74) is 6.17. The third-order valence-electron chi connectivity index (χ3n) is 4.33. The molecule has 0 aromatic rings. The third-order valence-corrected chi connectivity index (χ3v) is 4.33. The first-order valence-corrected chi connectivity index (χ1v) is 6.67. The van der Waals surface area contributed by atoms with Crippen molar-refractivity contribution in [3.8, 4) is 0 Å². The molecule has 2 rings (SSSR count). The zero-order valence-corrected chi connectivity index (χ0v) is 11.8. The van der Waals surface area contributed by atoms with E-state index >= 15 is 0 Å². The fourth-order valence-corrected chi connectivity index (χ4v) is 3.39. The van der Waals surface area contributed by atoms with Crippen molar-refractivity contribution in [1.29, 1.82) is 0 Å². The summed E-state index contributed by atoms with van der Waals surface area (Å²) in [5, 5.41) is 0. The Bertz CT molecular complexity index is 324. The van der Waals surface area contributed by atoms with Crippen LogP contribution in [0.3, 0.4) is 0 Å². The SMILES string of the molecule is COC1C(C)C(N=C(N)N2CCOCC2)C1(C)C. The van der Waals surface area contributed by atoms with E-state index in [0.29, 0.717) is 11.9 Å². The molecule has 0 amide bonds. The van der Waals surface area contributed by atoms with Crippen molar-refractivity contribution in [2.75, 3.05) is 33.4 Å². The first-order valence-electron chi connectivity index (χ1n) is 6.67. The lowest BCUT2D eigenvalue weighted by Gasteiger charge is -2.54. The first-order chi connectivity index (χ1) is 8.48. The highest BCUT2D eigenvalue weighted by Crippen LogP contribution is 2.48. The number of morpholine rings is 1. The fourth-order valence-electron chi connectivity index (χ4n) is 3.39. The van der Waals surface area contributed by atoms with Gasteiger partial charge in [-0.15, -0.1) is 0 Å². The van der Waals surface area contributed by atoms with Crippen molar-refractivity contribution < 1.29 is 9.47 Å². The summed E-state index contributed by atoms with van der Waals surface area (Å²) in [6, 6.07) is 0.241. The zero-order valence-electron chi connectivity index (χ0n) is 11.8. The van der Waals surface area contributed by atoms with Gasteiger partial charge in [0.2, 0.25) is 0 Å². The molecule has 5 heteroatoms. The number of guanidine groups is 1. The molecule has 1 aliphatic heterocycles. The molecule has 1 heterocycles. The van der Waals surface area contributed by atoms with Crippen LogP contribution in [0.25, 0.3) is 0 Å². The second-order valence-electron chi connectivity index (χ2n) is 5.87. The van der Waals surface area contributed by atoms with Gasteiger partial charge in [0, 0.05) is 31.5 Å². The van der Waals surface area contributed by atoms with Crippen molar-refractivity contribution in [3.05, 3.63) is 0 Å². The van der Waals surface area contributed by atoms with Gasteiger partial charge in [0.1, 0.15) is 0 Å². The Morgan fingerprint density at radius 2 is 2.00 bits per heavy atom. The molecule has 0 aromatic heterocycles. The molecule has 0 radical (unpaired) electrons. The van der Waals surface area contributed by atoms with Crippen molar-refractivity contribution >= 4 is 5.96 Å². The van der Waals surface area contributed by atoms with Gasteiger partial charge in [0.25, 0.3) is 0 Å². The van der Waals surface area contributed by atoms with E-state index in [2.05, 4.69) is 25.7 Å². The number of ether oxygens (including phenoxy) is 2. The van der Waals surface area contributed by atoms with E-state index in [1.807, 2.05) is 0 Å². The molecule has 5 nitrogen and oxygen atoms in total. The summed E-state index contributed by atoms with van der Waals surface area (Å²) in [4.78, 5) is 6.83. The minimum Gasteiger partial charge on any atom is -0.380 e. The molecule has 1 saturated carbocycles. The molecule has 1 aliphatic carbocycles. The summed E-state index contributed by atoms with van der Waals surface area (Å²) in [6.45, 7) is 9.72. The van der Waals surface area contributed by atoms with E-state index in [9.17, 15) is 0 Å². The Morgan fingerprint density at radius 1 is 1.39 bits per heavy atom. The highest BCUT2D eigenvalue weighted by molar-refractivity contribution is 5.78. The topological polar surface area (TPSA) is 60.1 Å². The summed E-state index contributed by atoms with van der Waals surface area (Å²) in [6.07, 6.45) is 0.267. The maximum atomic E-state index is 6.11. The van der Waals surface area contributed by atoms with Crippen molar-refractivity contribution in [3.63, 3.8) is 0 Å². The quantitative estimate of drug-likeness (QED) is 0.582. The molecule has 18 heavy (non-hydrogen) atoms. The molecule has 3 unspecified atom stereocenters. The van der Waals surface area contributed by atoms with Crippen LogP contribution in [-0.4, -0.2) is 56.4 Å². The van der Waals surface area contributed by atoms with Crippen LogP contribution in [0, 0.1) is 11.3 Å². The van der Waals surface area contributed by atoms with E-state index in [1.165, 1.54) is 0 Å². The smallest absolute Gasteiger partial charge is 0.191 e. The molecular weight excluding hydrogens is 230 g/mol. The van der Waals surface area contributed by atoms with Gasteiger partial charge in [-0.25, -0.2) is 4.99 Å². The fraction of sp³-hybridized carbons (Fsp3) is 0.923. The molecule has 0 bridgehead atoms. The lowest BCUT2D eigenvalue weighted by atomic mass is 9.58. The van der Waals surface area contributed by atoms with E-state index < -0.39 is 0 Å². The third kappa shape index (κ3) is 2.21. The summed E-state index contributed by atoms with van der Waals surface area (Å²) >= 11 is 0. The second-order valence-corrected chi connectivity index (χ2v) is 5.87. The number of rotatable bonds is 2. The van der Waals surface area contributed by atoms with Crippen LogP contribution in [0.1, 0.15) is 20.8 Å². The zero-order chi connectivity index (χ0) is 13.3. The molecule has 2 fully saturated rings. The van der Waals surface area contributed by atoms with Gasteiger partial charge < -0.3 is 20.1 Å². The van der Waals surface area contributed by atoms with E-state index in [4.69, 9.17) is 20.2 Å². The Labute approximate surface area is 109 Å². The summed E-state index contributed by atoms with van der Waals surface area (Å²) in [7, 11) is 1.77. The van der Waals surface area contributed by atoms with Crippen molar-refractivity contribution in [2.45, 2.75) is 32.9 Å². The molecule has 104 valence electrons. The first kappa shape index (κ1) is 13.6. The monoisotopic (exact) mass is 255 g/mol. The van der Waals surface area contributed by atoms with Gasteiger partial charge >= 0.3 is 0 Å². The van der Waals surface area contributed by atoms with Gasteiger partial charge in [-0.1, -0.05) is 20.8 Å². The standard InChI is InChI=1S/C13H25N3O2/c1-9-10(13(2,3)11(9)17-4)15-12(14)16-5-7-18-8-6-16/h9-11H,5-8H2,1-4H3,(H2,14,15). The van der Waals surface area contributed by atoms with Crippen molar-refractivity contribution in [1.82, 2.24) is 4.90 Å². The van der Waals surface area contributed by atoms with Gasteiger partial charge in [-0.3, -0.25) is 0 Å². The van der Waals surface area contributed by atoms with Crippen LogP contribution in [0.2, 0.25) is 0 Å². The minimum absolute atomic E-state index is 0.0606. The van der Waals surface area contributed by atoms with Crippen LogP contribution in [-0.2, 0) is 9.47 Å². The molecule has 0 spiro atoms. The highest BCUT2D eigenvalue weighted by atomic mass is 16.5. The average molecular weight is 255 g/mol. The number of methoxy groups -OCH3 is 1. The van der Waals surface area contributed by atoms with E-state index in [1.54, 1.807) is 7.11 Å². The summed E-state index contributed by atoms with van der Waals surface area (Å²) in [5.74, 6) is 1.07. The van der Waals surface area contributed by atoms with Crippen LogP contribution in [0.4, 0.5) is 0 Å². The second kappa shape index (κ2) is 5.05. The Hall–Kier alpha value is -0.810. The number of nitrogens with zero attached hydrogens (tertiary/aromatic N) is 2. The molecule has 2 N–H and O–H groups in total. The maximum absolute atomic E-state index is 6.11. The van der Waals surface area contributed by atoms with Gasteiger partial charge in [-0.2, -0.15) is 0 Å². The van der Waals surface area contributed by atoms with Crippen molar-refractivity contribution in [2.24, 2.45) is 22.1 Å². The van der Waals surface area contributed by atoms with Crippen LogP contribution in [0.15, 0.2) is 4.99 Å². The average Bonchev–Trinajstić information content (AvgIpc) is 2.37. The highest BCUT2D eigenvalue weighted by Gasteiger charge is 2.55. The molecule has 0 aromatic carbocycles. The predicted molar refractivity (Wildman–Crippen MR) is 71.5 cm³/mol. The molecule has 3 atom stereocenters. The Morgan fingerprint density at radius 3 is 2.50 bits per heavy atom. The number of hydrogen-bond acceptors (Lipinski definition) is 3. The van der Waals surface area contributed by atoms with Crippen LogP contribution < -0.4 is 5.73 Å². The normalized spacial score (nSPS) is 36.3. The molecular formula is C13H25N3O2. The number of aliphatic imine (C=N–C) groups is 1. The lowest BCUT2D eigenvalue weighted by Crippen LogP contribution is -2.61. The largest absolute Gasteiger partial charge is 0.380 e. The molecule has 1 saturated heterocycles. The molecule has 2 aliphatic rings. The minimum atomic E-state index is 0.0606. The maximum Gasteiger partial charge on any atom is 0.191 e. The van der Waals surface area contributed by atoms with Crippen LogP contribution in [0.5, 0.6) is 0 Å². The van der Waals surface area contributed by atoms with Gasteiger partial charge in [0.05, 0.1) is 25.4 Å².